The van der Waals surface area contributed by atoms with Gasteiger partial charge in [-0.3, -0.25) is 0 Å². The summed E-state index contributed by atoms with van der Waals surface area (Å²) in [6, 6.07) is 0. The first-order chi connectivity index (χ1) is 7.65. The predicted octanol–water partition coefficient (Wildman–Crippen LogP) is 2.82. The average Bonchev–Trinajstić information content (AvgIpc) is 2.73. The van der Waals surface area contributed by atoms with Crippen molar-refractivity contribution in [1.29, 1.82) is 0 Å². The van der Waals surface area contributed by atoms with E-state index in [1.165, 1.54) is 12.8 Å². The number of carbonyl (C=O) groups is 1. The molecule has 0 spiro atoms. The summed E-state index contributed by atoms with van der Waals surface area (Å²) in [5.74, 6) is -0.121. The first-order valence-electron chi connectivity index (χ1n) is 6.52. The Balaban J connectivity index is 1.69. The maximum atomic E-state index is 11.9. The second-order valence-electron chi connectivity index (χ2n) is 5.21. The highest BCUT2D eigenvalue weighted by molar-refractivity contribution is 5.85. The lowest BCUT2D eigenvalue weighted by atomic mass is 9.99. The fourth-order valence-electron chi connectivity index (χ4n) is 2.77. The molecule has 0 aromatic carbocycles. The maximum absolute atomic E-state index is 11.9. The van der Waals surface area contributed by atoms with Crippen molar-refractivity contribution < 1.29 is 14.3 Å². The van der Waals surface area contributed by atoms with Crippen LogP contribution in [0, 0.1) is 0 Å². The molecule has 2 unspecified atom stereocenters. The van der Waals surface area contributed by atoms with Crippen molar-refractivity contribution in [2.24, 2.45) is 0 Å². The minimum Gasteiger partial charge on any atom is -0.463 e. The zero-order chi connectivity index (χ0) is 11.6. The summed E-state index contributed by atoms with van der Waals surface area (Å²) in [7, 11) is 0. The third-order valence-electron chi connectivity index (χ3n) is 3.96. The van der Waals surface area contributed by atoms with Crippen LogP contribution in [0.5, 0.6) is 0 Å². The molecular formula is C13H22O3. The molecule has 1 aliphatic carbocycles. The molecule has 1 saturated carbocycles. The Kier molecular flexibility index (Phi) is 3.24. The highest BCUT2D eigenvalue weighted by Crippen LogP contribution is 2.59. The molecule has 0 aromatic heterocycles. The SMILES string of the molecule is CCCCCCOC(=O)C12CCCC1(C)O2. The molecule has 2 rings (SSSR count). The van der Waals surface area contributed by atoms with E-state index in [-0.39, 0.29) is 11.6 Å². The van der Waals surface area contributed by atoms with E-state index < -0.39 is 5.60 Å². The zero-order valence-electron chi connectivity index (χ0n) is 10.4. The number of hydrogen-bond donors (Lipinski definition) is 0. The topological polar surface area (TPSA) is 38.8 Å². The Hall–Kier alpha value is -0.570. The number of hydrogen-bond acceptors (Lipinski definition) is 3. The summed E-state index contributed by atoms with van der Waals surface area (Å²) >= 11 is 0. The van der Waals surface area contributed by atoms with Gasteiger partial charge in [-0.2, -0.15) is 0 Å². The molecule has 0 bridgehead atoms. The van der Waals surface area contributed by atoms with E-state index in [0.29, 0.717) is 6.61 Å². The molecular weight excluding hydrogens is 204 g/mol. The number of esters is 1. The summed E-state index contributed by atoms with van der Waals surface area (Å²) in [5.41, 5.74) is -0.759. The lowest BCUT2D eigenvalue weighted by Crippen LogP contribution is -2.30. The maximum Gasteiger partial charge on any atom is 0.341 e. The third kappa shape index (κ3) is 1.86. The Morgan fingerprint density at radius 1 is 1.31 bits per heavy atom. The van der Waals surface area contributed by atoms with Crippen LogP contribution in [0.15, 0.2) is 0 Å². The van der Waals surface area contributed by atoms with Crippen LogP contribution in [-0.4, -0.2) is 23.8 Å². The molecule has 2 aliphatic rings. The van der Waals surface area contributed by atoms with E-state index in [9.17, 15) is 4.79 Å². The standard InChI is InChI=1S/C13H22O3/c1-3-4-5-6-10-15-11(14)13-9-7-8-12(13,2)16-13/h3-10H2,1-2H3. The summed E-state index contributed by atoms with van der Waals surface area (Å²) in [5, 5.41) is 0. The molecule has 0 amide bonds. The van der Waals surface area contributed by atoms with Gasteiger partial charge in [-0.05, 0) is 32.6 Å². The van der Waals surface area contributed by atoms with Crippen LogP contribution in [0.2, 0.25) is 0 Å². The van der Waals surface area contributed by atoms with E-state index in [1.54, 1.807) is 0 Å². The second-order valence-corrected chi connectivity index (χ2v) is 5.21. The van der Waals surface area contributed by atoms with Crippen molar-refractivity contribution in [3.05, 3.63) is 0 Å². The van der Waals surface area contributed by atoms with Gasteiger partial charge >= 0.3 is 5.97 Å². The van der Waals surface area contributed by atoms with Gasteiger partial charge in [0.15, 0.2) is 5.60 Å². The van der Waals surface area contributed by atoms with Gasteiger partial charge in [0.05, 0.1) is 6.61 Å². The van der Waals surface area contributed by atoms with Gasteiger partial charge in [-0.15, -0.1) is 0 Å². The first kappa shape index (κ1) is 11.9. The second kappa shape index (κ2) is 4.36. The molecule has 0 N–H and O–H groups in total. The summed E-state index contributed by atoms with van der Waals surface area (Å²) < 4.78 is 10.9. The fraction of sp³-hybridized carbons (Fsp3) is 0.923. The number of rotatable bonds is 6. The van der Waals surface area contributed by atoms with Crippen molar-refractivity contribution in [2.45, 2.75) is 70.0 Å². The molecule has 1 heterocycles. The van der Waals surface area contributed by atoms with Crippen molar-refractivity contribution in [1.82, 2.24) is 0 Å². The molecule has 0 aromatic rings. The zero-order valence-corrected chi connectivity index (χ0v) is 10.4. The fourth-order valence-corrected chi connectivity index (χ4v) is 2.77. The molecule has 92 valence electrons. The van der Waals surface area contributed by atoms with E-state index in [2.05, 4.69) is 6.92 Å². The largest absolute Gasteiger partial charge is 0.463 e. The van der Waals surface area contributed by atoms with Crippen molar-refractivity contribution in [2.75, 3.05) is 6.61 Å². The van der Waals surface area contributed by atoms with Crippen LogP contribution in [0.3, 0.4) is 0 Å². The Labute approximate surface area is 97.5 Å². The Morgan fingerprint density at radius 2 is 2.12 bits per heavy atom. The van der Waals surface area contributed by atoms with Gasteiger partial charge in [0.1, 0.15) is 5.60 Å². The quantitative estimate of drug-likeness (QED) is 0.397. The van der Waals surface area contributed by atoms with Crippen LogP contribution >= 0.6 is 0 Å². The van der Waals surface area contributed by atoms with Crippen LogP contribution in [-0.2, 0) is 14.3 Å². The van der Waals surface area contributed by atoms with Crippen molar-refractivity contribution in [3.8, 4) is 0 Å². The van der Waals surface area contributed by atoms with Crippen LogP contribution in [0.4, 0.5) is 0 Å². The molecule has 3 nitrogen and oxygen atoms in total. The van der Waals surface area contributed by atoms with Gasteiger partial charge in [-0.25, -0.2) is 4.79 Å². The monoisotopic (exact) mass is 226 g/mol. The number of epoxide rings is 1. The van der Waals surface area contributed by atoms with Crippen LogP contribution < -0.4 is 0 Å². The van der Waals surface area contributed by atoms with Crippen molar-refractivity contribution in [3.63, 3.8) is 0 Å². The predicted molar refractivity (Wildman–Crippen MR) is 61.2 cm³/mol. The van der Waals surface area contributed by atoms with Crippen LogP contribution in [0.25, 0.3) is 0 Å². The van der Waals surface area contributed by atoms with Crippen molar-refractivity contribution >= 4 is 5.97 Å². The molecule has 2 atom stereocenters. The molecule has 1 aliphatic heterocycles. The van der Waals surface area contributed by atoms with E-state index in [1.807, 2.05) is 6.92 Å². The number of unbranched alkanes of at least 4 members (excludes halogenated alkanes) is 3. The van der Waals surface area contributed by atoms with Gasteiger partial charge in [0.25, 0.3) is 0 Å². The van der Waals surface area contributed by atoms with Gasteiger partial charge in [-0.1, -0.05) is 26.2 Å². The molecule has 1 saturated heterocycles. The molecule has 3 heteroatoms. The number of ether oxygens (including phenoxy) is 2. The number of carbonyl (C=O) groups excluding carboxylic acids is 1. The summed E-state index contributed by atoms with van der Waals surface area (Å²) in [6.45, 7) is 4.76. The van der Waals surface area contributed by atoms with E-state index in [0.717, 1.165) is 32.1 Å². The summed E-state index contributed by atoms with van der Waals surface area (Å²) in [4.78, 5) is 11.9. The normalized spacial score (nSPS) is 35.9. The van der Waals surface area contributed by atoms with Crippen LogP contribution in [0.1, 0.15) is 58.8 Å². The lowest BCUT2D eigenvalue weighted by Gasteiger charge is -2.09. The Bertz CT molecular complexity index is 272. The minimum absolute atomic E-state index is 0.121. The highest BCUT2D eigenvalue weighted by atomic mass is 16.7. The number of fused-ring (bicyclic) bond motifs is 1. The molecule has 16 heavy (non-hydrogen) atoms. The molecule has 0 radical (unpaired) electrons. The van der Waals surface area contributed by atoms with E-state index in [4.69, 9.17) is 9.47 Å². The van der Waals surface area contributed by atoms with Gasteiger partial charge in [0.2, 0.25) is 0 Å². The average molecular weight is 226 g/mol. The highest BCUT2D eigenvalue weighted by Gasteiger charge is 2.75. The van der Waals surface area contributed by atoms with Gasteiger partial charge < -0.3 is 9.47 Å². The molecule has 2 fully saturated rings. The Morgan fingerprint density at radius 3 is 2.69 bits per heavy atom. The first-order valence-corrected chi connectivity index (χ1v) is 6.52. The smallest absolute Gasteiger partial charge is 0.341 e. The summed E-state index contributed by atoms with van der Waals surface area (Å²) in [6.07, 6.45) is 7.48. The minimum atomic E-state index is -0.558. The van der Waals surface area contributed by atoms with Gasteiger partial charge in [0, 0.05) is 0 Å². The lowest BCUT2D eigenvalue weighted by molar-refractivity contribution is -0.150. The van der Waals surface area contributed by atoms with E-state index >= 15 is 0 Å². The third-order valence-corrected chi connectivity index (χ3v) is 3.96.